The van der Waals surface area contributed by atoms with E-state index in [0.29, 0.717) is 0 Å². The topological polar surface area (TPSA) is 58.2 Å². The maximum atomic E-state index is 12.8. The van der Waals surface area contributed by atoms with Gasteiger partial charge in [0.25, 0.3) is 0 Å². The lowest BCUT2D eigenvalue weighted by atomic mass is 10.1. The minimum atomic E-state index is -1.20. The van der Waals surface area contributed by atoms with E-state index in [4.69, 9.17) is 0 Å². The molecule has 4 nitrogen and oxygen atoms in total. The number of carbonyl (C=O) groups excluding carboxylic acids is 2. The Kier molecular flexibility index (Phi) is 3.90. The summed E-state index contributed by atoms with van der Waals surface area (Å²) in [6, 6.07) is 13.3. The van der Waals surface area contributed by atoms with Crippen LogP contribution >= 0.6 is 11.8 Å². The lowest BCUT2D eigenvalue weighted by Gasteiger charge is -2.32. The van der Waals surface area contributed by atoms with Crippen LogP contribution in [-0.4, -0.2) is 16.6 Å². The number of amides is 2. The van der Waals surface area contributed by atoms with Gasteiger partial charge in [-0.25, -0.2) is 0 Å². The molecule has 0 radical (unpaired) electrons. The van der Waals surface area contributed by atoms with E-state index >= 15 is 0 Å². The Balaban J connectivity index is 1.88. The van der Waals surface area contributed by atoms with Gasteiger partial charge in [-0.2, -0.15) is 0 Å². The number of aryl methyl sites for hydroxylation is 2. The highest BCUT2D eigenvalue weighted by atomic mass is 32.2. The molecule has 0 fully saturated rings. The number of rotatable bonds is 2. The second-order valence-corrected chi connectivity index (χ2v) is 7.32. The molecule has 0 saturated carbocycles. The Labute approximate surface area is 139 Å². The van der Waals surface area contributed by atoms with E-state index in [1.54, 1.807) is 6.92 Å². The maximum absolute atomic E-state index is 12.8. The van der Waals surface area contributed by atoms with Crippen LogP contribution in [0.1, 0.15) is 18.1 Å². The van der Waals surface area contributed by atoms with Crippen molar-refractivity contribution >= 4 is 35.0 Å². The summed E-state index contributed by atoms with van der Waals surface area (Å²) >= 11 is 1.28. The molecule has 23 heavy (non-hydrogen) atoms. The predicted molar refractivity (Wildman–Crippen MR) is 93.9 cm³/mol. The molecular formula is C18H18N2O2S. The van der Waals surface area contributed by atoms with E-state index in [1.807, 2.05) is 56.3 Å². The summed E-state index contributed by atoms with van der Waals surface area (Å²) in [4.78, 5) is 26.1. The van der Waals surface area contributed by atoms with Crippen LogP contribution in [0.4, 0.5) is 11.4 Å². The standard InChI is InChI=1S/C18H18N2O2S/c1-11-8-9-13(12(2)10-11)19-16(21)18(3)17(22)20-14-6-4-5-7-15(14)23-18/h4-10H,1-3H3,(H,19,21)(H,20,22). The van der Waals surface area contributed by atoms with Crippen molar-refractivity contribution in [1.82, 2.24) is 0 Å². The first-order valence-corrected chi connectivity index (χ1v) is 8.20. The van der Waals surface area contributed by atoms with Crippen LogP contribution in [0.15, 0.2) is 47.4 Å². The van der Waals surface area contributed by atoms with Gasteiger partial charge in [-0.05, 0) is 44.5 Å². The Morgan fingerprint density at radius 3 is 2.65 bits per heavy atom. The molecule has 1 unspecified atom stereocenters. The average Bonchev–Trinajstić information content (AvgIpc) is 2.51. The van der Waals surface area contributed by atoms with Gasteiger partial charge in [0, 0.05) is 10.6 Å². The molecule has 118 valence electrons. The zero-order chi connectivity index (χ0) is 16.6. The van der Waals surface area contributed by atoms with Crippen LogP contribution in [0, 0.1) is 13.8 Å². The lowest BCUT2D eigenvalue weighted by Crippen LogP contribution is -2.49. The molecule has 0 saturated heterocycles. The molecule has 1 aliphatic heterocycles. The molecule has 2 N–H and O–H groups in total. The molecule has 1 atom stereocenters. The summed E-state index contributed by atoms with van der Waals surface area (Å²) < 4.78 is -1.20. The van der Waals surface area contributed by atoms with Crippen LogP contribution in [-0.2, 0) is 9.59 Å². The molecule has 2 aromatic carbocycles. The van der Waals surface area contributed by atoms with Crippen LogP contribution in [0.25, 0.3) is 0 Å². The number of hydrogen-bond donors (Lipinski definition) is 2. The highest BCUT2D eigenvalue weighted by molar-refractivity contribution is 8.02. The van der Waals surface area contributed by atoms with Crippen molar-refractivity contribution in [2.45, 2.75) is 30.4 Å². The van der Waals surface area contributed by atoms with Crippen LogP contribution in [0.5, 0.6) is 0 Å². The first-order valence-electron chi connectivity index (χ1n) is 7.38. The number of nitrogens with one attached hydrogen (secondary N) is 2. The number of benzene rings is 2. The summed E-state index contributed by atoms with van der Waals surface area (Å²) in [7, 11) is 0. The highest BCUT2D eigenvalue weighted by Crippen LogP contribution is 2.42. The van der Waals surface area contributed by atoms with Gasteiger partial charge in [-0.1, -0.05) is 41.6 Å². The minimum Gasteiger partial charge on any atom is -0.324 e. The monoisotopic (exact) mass is 326 g/mol. The molecule has 5 heteroatoms. The van der Waals surface area contributed by atoms with Gasteiger partial charge in [0.15, 0.2) is 4.75 Å². The molecular weight excluding hydrogens is 308 g/mol. The van der Waals surface area contributed by atoms with E-state index < -0.39 is 4.75 Å². The number of carbonyl (C=O) groups is 2. The Morgan fingerprint density at radius 2 is 1.91 bits per heavy atom. The first kappa shape index (κ1) is 15.6. The summed E-state index contributed by atoms with van der Waals surface area (Å²) in [5.74, 6) is -0.620. The second kappa shape index (κ2) is 5.74. The molecule has 0 bridgehead atoms. The Bertz CT molecular complexity index is 803. The summed E-state index contributed by atoms with van der Waals surface area (Å²) in [5.41, 5.74) is 3.59. The molecule has 1 aliphatic rings. The van der Waals surface area contributed by atoms with Crippen molar-refractivity contribution in [2.75, 3.05) is 10.6 Å². The van der Waals surface area contributed by atoms with Crippen molar-refractivity contribution in [1.29, 1.82) is 0 Å². The Morgan fingerprint density at radius 1 is 1.17 bits per heavy atom. The number of thioether (sulfide) groups is 1. The lowest BCUT2D eigenvalue weighted by molar-refractivity contribution is -0.126. The third-order valence-electron chi connectivity index (χ3n) is 3.95. The van der Waals surface area contributed by atoms with Gasteiger partial charge in [0.1, 0.15) is 0 Å². The number of hydrogen-bond acceptors (Lipinski definition) is 3. The molecule has 0 spiro atoms. The van der Waals surface area contributed by atoms with E-state index in [-0.39, 0.29) is 11.8 Å². The number of anilines is 2. The van der Waals surface area contributed by atoms with Gasteiger partial charge in [-0.15, -0.1) is 0 Å². The van der Waals surface area contributed by atoms with Gasteiger partial charge in [0.05, 0.1) is 5.69 Å². The zero-order valence-corrected chi connectivity index (χ0v) is 14.1. The fourth-order valence-electron chi connectivity index (χ4n) is 2.51. The molecule has 3 rings (SSSR count). The minimum absolute atomic E-state index is 0.302. The smallest absolute Gasteiger partial charge is 0.250 e. The molecule has 0 aliphatic carbocycles. The third-order valence-corrected chi connectivity index (χ3v) is 5.30. The van der Waals surface area contributed by atoms with E-state index in [0.717, 1.165) is 27.4 Å². The van der Waals surface area contributed by atoms with Crippen molar-refractivity contribution in [3.8, 4) is 0 Å². The van der Waals surface area contributed by atoms with Crippen LogP contribution < -0.4 is 10.6 Å². The summed E-state index contributed by atoms with van der Waals surface area (Å²) in [6.07, 6.45) is 0. The fourth-order valence-corrected chi connectivity index (χ4v) is 3.61. The third kappa shape index (κ3) is 2.84. The van der Waals surface area contributed by atoms with Crippen molar-refractivity contribution in [3.63, 3.8) is 0 Å². The normalized spacial score (nSPS) is 19.7. The zero-order valence-electron chi connectivity index (χ0n) is 13.3. The molecule has 0 aromatic heterocycles. The first-order chi connectivity index (χ1) is 10.9. The summed E-state index contributed by atoms with van der Waals surface area (Å²) in [5, 5.41) is 5.71. The van der Waals surface area contributed by atoms with Gasteiger partial charge >= 0.3 is 0 Å². The fraction of sp³-hybridized carbons (Fsp3) is 0.222. The number of fused-ring (bicyclic) bond motifs is 1. The van der Waals surface area contributed by atoms with Gasteiger partial charge in [-0.3, -0.25) is 9.59 Å². The second-order valence-electron chi connectivity index (χ2n) is 5.86. The van der Waals surface area contributed by atoms with Crippen molar-refractivity contribution in [3.05, 3.63) is 53.6 Å². The summed E-state index contributed by atoms with van der Waals surface area (Å²) in [6.45, 7) is 5.59. The van der Waals surface area contributed by atoms with Crippen LogP contribution in [0.2, 0.25) is 0 Å². The SMILES string of the molecule is Cc1ccc(NC(=O)C2(C)Sc3ccccc3NC2=O)c(C)c1. The van der Waals surface area contributed by atoms with Gasteiger partial charge < -0.3 is 10.6 Å². The van der Waals surface area contributed by atoms with E-state index in [9.17, 15) is 9.59 Å². The van der Waals surface area contributed by atoms with E-state index in [2.05, 4.69) is 10.6 Å². The molecule has 2 aromatic rings. The average molecular weight is 326 g/mol. The van der Waals surface area contributed by atoms with E-state index in [1.165, 1.54) is 11.8 Å². The molecule has 2 amide bonds. The maximum Gasteiger partial charge on any atom is 0.250 e. The van der Waals surface area contributed by atoms with Gasteiger partial charge in [0.2, 0.25) is 11.8 Å². The molecule has 1 heterocycles. The predicted octanol–water partition coefficient (Wildman–Crippen LogP) is 3.75. The Hall–Kier alpha value is -2.27. The van der Waals surface area contributed by atoms with Crippen molar-refractivity contribution in [2.24, 2.45) is 0 Å². The number of para-hydroxylation sites is 1. The quantitative estimate of drug-likeness (QED) is 0.827. The highest BCUT2D eigenvalue weighted by Gasteiger charge is 2.45. The van der Waals surface area contributed by atoms with Crippen LogP contribution in [0.3, 0.4) is 0 Å². The largest absolute Gasteiger partial charge is 0.324 e. The van der Waals surface area contributed by atoms with Crippen molar-refractivity contribution < 1.29 is 9.59 Å².